The van der Waals surface area contributed by atoms with Crippen LogP contribution in [0.15, 0.2) is 48.5 Å². The summed E-state index contributed by atoms with van der Waals surface area (Å²) in [6, 6.07) is 13.2. The molecule has 1 fully saturated rings. The van der Waals surface area contributed by atoms with E-state index in [-0.39, 0.29) is 11.3 Å². The third-order valence-electron chi connectivity index (χ3n) is 6.55. The Hall–Kier alpha value is -1.81. The zero-order chi connectivity index (χ0) is 19.9. The van der Waals surface area contributed by atoms with E-state index in [1.54, 1.807) is 0 Å². The maximum atomic E-state index is 12.9. The van der Waals surface area contributed by atoms with Gasteiger partial charge in [0.05, 0.1) is 11.2 Å². The van der Waals surface area contributed by atoms with Gasteiger partial charge in [-0.1, -0.05) is 68.7 Å². The van der Waals surface area contributed by atoms with Crippen molar-refractivity contribution < 1.29 is 18.3 Å². The fraction of sp³-hybridized carbons (Fsp3) is 0.478. The van der Waals surface area contributed by atoms with E-state index in [9.17, 15) is 18.3 Å². The number of halogens is 3. The summed E-state index contributed by atoms with van der Waals surface area (Å²) < 4.78 is 38.8. The molecule has 0 spiro atoms. The van der Waals surface area contributed by atoms with Crippen LogP contribution in [0.1, 0.15) is 67.7 Å². The third kappa shape index (κ3) is 3.64. The van der Waals surface area contributed by atoms with Crippen LogP contribution in [-0.2, 0) is 11.8 Å². The Labute approximate surface area is 159 Å². The van der Waals surface area contributed by atoms with Gasteiger partial charge in [0.1, 0.15) is 0 Å². The molecule has 2 aromatic rings. The van der Waals surface area contributed by atoms with Crippen LogP contribution >= 0.6 is 0 Å². The Balaban J connectivity index is 2.06. The Morgan fingerprint density at radius 3 is 2.00 bits per heavy atom. The van der Waals surface area contributed by atoms with E-state index in [0.29, 0.717) is 12.0 Å². The van der Waals surface area contributed by atoms with Crippen LogP contribution in [0.2, 0.25) is 0 Å². The molecular formula is C23H27F3O. The topological polar surface area (TPSA) is 20.2 Å². The maximum Gasteiger partial charge on any atom is 0.416 e. The molecule has 0 aliphatic heterocycles. The van der Waals surface area contributed by atoms with Gasteiger partial charge in [0.2, 0.25) is 0 Å². The molecule has 146 valence electrons. The van der Waals surface area contributed by atoms with Crippen molar-refractivity contribution in [2.45, 2.75) is 64.1 Å². The smallest absolute Gasteiger partial charge is 0.385 e. The largest absolute Gasteiger partial charge is 0.416 e. The second kappa shape index (κ2) is 6.97. The van der Waals surface area contributed by atoms with Crippen LogP contribution in [0.5, 0.6) is 0 Å². The monoisotopic (exact) mass is 376 g/mol. The van der Waals surface area contributed by atoms with Crippen molar-refractivity contribution in [1.29, 1.82) is 0 Å². The first-order valence-electron chi connectivity index (χ1n) is 9.60. The molecule has 4 heteroatoms. The fourth-order valence-corrected chi connectivity index (χ4v) is 4.60. The lowest BCUT2D eigenvalue weighted by molar-refractivity contribution is -0.137. The maximum absolute atomic E-state index is 12.9. The van der Waals surface area contributed by atoms with Crippen LogP contribution in [0, 0.1) is 12.3 Å². The molecule has 3 rings (SSSR count). The minimum absolute atomic E-state index is 0.00694. The second-order valence-corrected chi connectivity index (χ2v) is 8.05. The number of hydrogen-bond acceptors (Lipinski definition) is 1. The molecule has 2 atom stereocenters. The summed E-state index contributed by atoms with van der Waals surface area (Å²) in [7, 11) is 0. The minimum Gasteiger partial charge on any atom is -0.385 e. The average Bonchev–Trinajstić information content (AvgIpc) is 2.97. The van der Waals surface area contributed by atoms with Gasteiger partial charge in [0, 0.05) is 5.92 Å². The molecule has 1 aliphatic carbocycles. The van der Waals surface area contributed by atoms with Gasteiger partial charge in [0.15, 0.2) is 0 Å². The summed E-state index contributed by atoms with van der Waals surface area (Å²) in [6.45, 7) is 6.28. The SMILES string of the molecule is CCC1(CC)C[C@H](c2ccc(C)cc2)[C@@](O)(c2ccc(C(F)(F)F)cc2)C1. The average molecular weight is 376 g/mol. The van der Waals surface area contributed by atoms with Crippen LogP contribution in [0.25, 0.3) is 0 Å². The molecule has 0 heterocycles. The van der Waals surface area contributed by atoms with Crippen molar-refractivity contribution in [1.82, 2.24) is 0 Å². The zero-order valence-electron chi connectivity index (χ0n) is 16.1. The molecule has 0 unspecified atom stereocenters. The van der Waals surface area contributed by atoms with Crippen molar-refractivity contribution in [3.63, 3.8) is 0 Å². The van der Waals surface area contributed by atoms with Crippen LogP contribution in [0.3, 0.4) is 0 Å². The summed E-state index contributed by atoms with van der Waals surface area (Å²) in [5, 5.41) is 11.8. The summed E-state index contributed by atoms with van der Waals surface area (Å²) in [5.74, 6) is -0.130. The standard InChI is InChI=1S/C23H27F3O/c1-4-21(5-2)14-20(17-8-6-16(3)7-9-17)22(27,15-21)18-10-12-19(13-11-18)23(24,25)26/h6-13,20,27H,4-5,14-15H2,1-3H3/t20-,22+/m1/s1. The van der Waals surface area contributed by atoms with Crippen LogP contribution in [0.4, 0.5) is 13.2 Å². The number of aliphatic hydroxyl groups is 1. The van der Waals surface area contributed by atoms with Gasteiger partial charge in [-0.05, 0) is 48.4 Å². The summed E-state index contributed by atoms with van der Waals surface area (Å²) in [5.41, 5.74) is 0.916. The lowest BCUT2D eigenvalue weighted by atomic mass is 9.78. The van der Waals surface area contributed by atoms with Gasteiger partial charge < -0.3 is 5.11 Å². The molecule has 0 saturated heterocycles. The lowest BCUT2D eigenvalue weighted by Gasteiger charge is -2.32. The predicted octanol–water partition coefficient (Wildman–Crippen LogP) is 6.59. The highest BCUT2D eigenvalue weighted by atomic mass is 19.4. The van der Waals surface area contributed by atoms with E-state index in [4.69, 9.17) is 0 Å². The van der Waals surface area contributed by atoms with Gasteiger partial charge in [-0.3, -0.25) is 0 Å². The van der Waals surface area contributed by atoms with E-state index in [1.165, 1.54) is 12.1 Å². The second-order valence-electron chi connectivity index (χ2n) is 8.05. The highest BCUT2D eigenvalue weighted by molar-refractivity contribution is 5.37. The van der Waals surface area contributed by atoms with Gasteiger partial charge in [0.25, 0.3) is 0 Å². The molecule has 1 nitrogen and oxygen atoms in total. The van der Waals surface area contributed by atoms with Gasteiger partial charge in [-0.2, -0.15) is 13.2 Å². The molecule has 2 aromatic carbocycles. The first kappa shape index (κ1) is 19.9. The zero-order valence-corrected chi connectivity index (χ0v) is 16.1. The summed E-state index contributed by atoms with van der Waals surface area (Å²) >= 11 is 0. The number of benzene rings is 2. The molecule has 1 saturated carbocycles. The fourth-order valence-electron chi connectivity index (χ4n) is 4.60. The lowest BCUT2D eigenvalue weighted by Crippen LogP contribution is -2.30. The predicted molar refractivity (Wildman–Crippen MR) is 102 cm³/mol. The summed E-state index contributed by atoms with van der Waals surface area (Å²) in [4.78, 5) is 0. The number of rotatable bonds is 4. The number of alkyl halides is 3. The van der Waals surface area contributed by atoms with Crippen LogP contribution < -0.4 is 0 Å². The molecule has 0 bridgehead atoms. The molecule has 27 heavy (non-hydrogen) atoms. The third-order valence-corrected chi connectivity index (χ3v) is 6.55. The van der Waals surface area contributed by atoms with Crippen molar-refractivity contribution in [3.05, 3.63) is 70.8 Å². The highest BCUT2D eigenvalue weighted by Crippen LogP contribution is 2.60. The highest BCUT2D eigenvalue weighted by Gasteiger charge is 2.53. The first-order valence-corrected chi connectivity index (χ1v) is 9.60. The van der Waals surface area contributed by atoms with Gasteiger partial charge in [-0.25, -0.2) is 0 Å². The van der Waals surface area contributed by atoms with Crippen molar-refractivity contribution >= 4 is 0 Å². The van der Waals surface area contributed by atoms with Crippen LogP contribution in [-0.4, -0.2) is 5.11 Å². The molecule has 1 N–H and O–H groups in total. The Morgan fingerprint density at radius 1 is 0.963 bits per heavy atom. The molecule has 0 amide bonds. The minimum atomic E-state index is -4.37. The summed E-state index contributed by atoms with van der Waals surface area (Å²) in [6.07, 6.45) is -1.09. The Kier molecular flexibility index (Phi) is 5.15. The van der Waals surface area contributed by atoms with E-state index in [2.05, 4.69) is 13.8 Å². The Bertz CT molecular complexity index is 773. The number of hydrogen-bond donors (Lipinski definition) is 1. The van der Waals surface area contributed by atoms with E-state index < -0.39 is 17.3 Å². The van der Waals surface area contributed by atoms with Crippen molar-refractivity contribution in [3.8, 4) is 0 Å². The van der Waals surface area contributed by atoms with Crippen molar-refractivity contribution in [2.75, 3.05) is 0 Å². The molecular weight excluding hydrogens is 349 g/mol. The Morgan fingerprint density at radius 2 is 1.52 bits per heavy atom. The van der Waals surface area contributed by atoms with Crippen molar-refractivity contribution in [2.24, 2.45) is 5.41 Å². The first-order chi connectivity index (χ1) is 12.6. The molecule has 0 radical (unpaired) electrons. The molecule has 1 aliphatic rings. The normalized spacial score (nSPS) is 24.9. The van der Waals surface area contributed by atoms with Gasteiger partial charge >= 0.3 is 6.18 Å². The number of aryl methyl sites for hydroxylation is 1. The van der Waals surface area contributed by atoms with Gasteiger partial charge in [-0.15, -0.1) is 0 Å². The molecule has 0 aromatic heterocycles. The van der Waals surface area contributed by atoms with E-state index in [0.717, 1.165) is 42.5 Å². The van der Waals surface area contributed by atoms with E-state index in [1.807, 2.05) is 31.2 Å². The quantitative estimate of drug-likeness (QED) is 0.638. The van der Waals surface area contributed by atoms with E-state index >= 15 is 0 Å².